The second kappa shape index (κ2) is 5.63. The molecular formula is C13H17BrN4. The maximum atomic E-state index is 5.72. The monoisotopic (exact) mass is 308 g/mol. The van der Waals surface area contributed by atoms with Gasteiger partial charge in [0.2, 0.25) is 0 Å². The van der Waals surface area contributed by atoms with E-state index in [2.05, 4.69) is 40.1 Å². The zero-order valence-corrected chi connectivity index (χ0v) is 12.2. The van der Waals surface area contributed by atoms with Crippen LogP contribution >= 0.6 is 15.9 Å². The molecule has 1 heterocycles. The van der Waals surface area contributed by atoms with Crippen LogP contribution in [0.4, 0.5) is 0 Å². The Hall–Kier alpha value is -1.20. The quantitative estimate of drug-likeness (QED) is 0.944. The van der Waals surface area contributed by atoms with Crippen molar-refractivity contribution in [1.82, 2.24) is 15.0 Å². The third-order valence-electron chi connectivity index (χ3n) is 2.71. The van der Waals surface area contributed by atoms with Crippen LogP contribution in [0, 0.1) is 5.92 Å². The molecule has 0 amide bonds. The smallest absolute Gasteiger partial charge is 0.0999 e. The average Bonchev–Trinajstić information content (AvgIpc) is 2.72. The van der Waals surface area contributed by atoms with E-state index in [-0.39, 0.29) is 0 Å². The lowest BCUT2D eigenvalue weighted by Crippen LogP contribution is -2.09. The summed E-state index contributed by atoms with van der Waals surface area (Å²) in [5, 5.41) is 8.37. The molecule has 4 nitrogen and oxygen atoms in total. The van der Waals surface area contributed by atoms with Crippen molar-refractivity contribution in [3.63, 3.8) is 0 Å². The summed E-state index contributed by atoms with van der Waals surface area (Å²) in [7, 11) is 0. The number of benzene rings is 1. The predicted octanol–water partition coefficient (Wildman–Crippen LogP) is 2.69. The molecule has 0 saturated carbocycles. The lowest BCUT2D eigenvalue weighted by Gasteiger charge is -2.09. The van der Waals surface area contributed by atoms with Crippen LogP contribution in [0.25, 0.3) is 5.69 Å². The number of nitrogens with zero attached hydrogens (tertiary/aromatic N) is 3. The van der Waals surface area contributed by atoms with Gasteiger partial charge in [0.05, 0.1) is 17.1 Å². The molecule has 5 heteroatoms. The lowest BCUT2D eigenvalue weighted by atomic mass is 10.1. The maximum absolute atomic E-state index is 5.72. The summed E-state index contributed by atoms with van der Waals surface area (Å²) >= 11 is 3.43. The minimum Gasteiger partial charge on any atom is -0.325 e. The SMILES string of the molecule is CC(C)Cc1c(CN)nnn1-c1ccc(Br)cc1. The van der Waals surface area contributed by atoms with E-state index in [0.717, 1.165) is 28.0 Å². The summed E-state index contributed by atoms with van der Waals surface area (Å²) in [6.45, 7) is 4.79. The standard InChI is InChI=1S/C13H17BrN4/c1-9(2)7-13-12(8-15)16-17-18(13)11-5-3-10(14)4-6-11/h3-6,9H,7-8,15H2,1-2H3. The summed E-state index contributed by atoms with van der Waals surface area (Å²) in [5.41, 5.74) is 8.72. The summed E-state index contributed by atoms with van der Waals surface area (Å²) in [5.74, 6) is 0.544. The Kier molecular flexibility index (Phi) is 4.14. The van der Waals surface area contributed by atoms with Gasteiger partial charge in [-0.3, -0.25) is 0 Å². The zero-order chi connectivity index (χ0) is 13.1. The molecule has 0 unspecified atom stereocenters. The zero-order valence-electron chi connectivity index (χ0n) is 10.6. The predicted molar refractivity (Wildman–Crippen MR) is 75.5 cm³/mol. The topological polar surface area (TPSA) is 56.7 Å². The molecule has 0 aliphatic rings. The average molecular weight is 309 g/mol. The van der Waals surface area contributed by atoms with E-state index in [1.165, 1.54) is 0 Å². The van der Waals surface area contributed by atoms with Crippen molar-refractivity contribution < 1.29 is 0 Å². The molecule has 0 spiro atoms. The second-order valence-electron chi connectivity index (χ2n) is 4.67. The minimum absolute atomic E-state index is 0.429. The van der Waals surface area contributed by atoms with Gasteiger partial charge in [0.1, 0.15) is 0 Å². The highest BCUT2D eigenvalue weighted by atomic mass is 79.9. The highest BCUT2D eigenvalue weighted by molar-refractivity contribution is 9.10. The second-order valence-corrected chi connectivity index (χ2v) is 5.59. The molecule has 0 saturated heterocycles. The van der Waals surface area contributed by atoms with Gasteiger partial charge in [0.15, 0.2) is 0 Å². The summed E-state index contributed by atoms with van der Waals surface area (Å²) in [6, 6.07) is 8.03. The van der Waals surface area contributed by atoms with Crippen molar-refractivity contribution >= 4 is 15.9 Å². The van der Waals surface area contributed by atoms with E-state index in [0.29, 0.717) is 12.5 Å². The lowest BCUT2D eigenvalue weighted by molar-refractivity contribution is 0.611. The van der Waals surface area contributed by atoms with Crippen LogP contribution in [0.2, 0.25) is 0 Å². The highest BCUT2D eigenvalue weighted by Gasteiger charge is 2.14. The molecule has 0 aliphatic carbocycles. The Morgan fingerprint density at radius 1 is 1.28 bits per heavy atom. The molecule has 2 rings (SSSR count). The maximum Gasteiger partial charge on any atom is 0.0999 e. The Labute approximate surface area is 115 Å². The number of nitrogens with two attached hydrogens (primary N) is 1. The van der Waals surface area contributed by atoms with E-state index in [9.17, 15) is 0 Å². The van der Waals surface area contributed by atoms with Crippen molar-refractivity contribution in [2.45, 2.75) is 26.8 Å². The molecular weight excluding hydrogens is 292 g/mol. The van der Waals surface area contributed by atoms with E-state index in [1.54, 1.807) is 0 Å². The third-order valence-corrected chi connectivity index (χ3v) is 3.24. The van der Waals surface area contributed by atoms with E-state index in [1.807, 2.05) is 28.9 Å². The molecule has 0 atom stereocenters. The van der Waals surface area contributed by atoms with Crippen LogP contribution in [0.5, 0.6) is 0 Å². The first kappa shape index (κ1) is 13.2. The summed E-state index contributed by atoms with van der Waals surface area (Å²) in [4.78, 5) is 0. The largest absolute Gasteiger partial charge is 0.325 e. The highest BCUT2D eigenvalue weighted by Crippen LogP contribution is 2.18. The molecule has 96 valence electrons. The molecule has 0 bridgehead atoms. The van der Waals surface area contributed by atoms with Crippen molar-refractivity contribution in [3.8, 4) is 5.69 Å². The van der Waals surface area contributed by atoms with Gasteiger partial charge in [-0.2, -0.15) is 0 Å². The van der Waals surface area contributed by atoms with Gasteiger partial charge in [0, 0.05) is 11.0 Å². The molecule has 1 aromatic heterocycles. The molecule has 2 aromatic rings. The van der Waals surface area contributed by atoms with Gasteiger partial charge in [-0.1, -0.05) is 35.0 Å². The fraction of sp³-hybridized carbons (Fsp3) is 0.385. The van der Waals surface area contributed by atoms with Crippen LogP contribution in [-0.4, -0.2) is 15.0 Å². The number of halogens is 1. The molecule has 0 aliphatic heterocycles. The number of hydrogen-bond donors (Lipinski definition) is 1. The van der Waals surface area contributed by atoms with Crippen LogP contribution in [0.1, 0.15) is 25.2 Å². The van der Waals surface area contributed by atoms with E-state index >= 15 is 0 Å². The van der Waals surface area contributed by atoms with Gasteiger partial charge in [-0.25, -0.2) is 4.68 Å². The van der Waals surface area contributed by atoms with Gasteiger partial charge < -0.3 is 5.73 Å². The fourth-order valence-electron chi connectivity index (χ4n) is 1.87. The first-order valence-corrected chi connectivity index (χ1v) is 6.80. The number of aromatic nitrogens is 3. The Morgan fingerprint density at radius 3 is 2.50 bits per heavy atom. The molecule has 0 radical (unpaired) electrons. The van der Waals surface area contributed by atoms with Crippen molar-refractivity contribution in [2.75, 3.05) is 0 Å². The normalized spacial score (nSPS) is 11.2. The Balaban J connectivity index is 2.43. The van der Waals surface area contributed by atoms with Crippen LogP contribution in [0.15, 0.2) is 28.7 Å². The van der Waals surface area contributed by atoms with Crippen molar-refractivity contribution in [1.29, 1.82) is 0 Å². The minimum atomic E-state index is 0.429. The first-order chi connectivity index (χ1) is 8.61. The molecule has 1 aromatic carbocycles. The van der Waals surface area contributed by atoms with Crippen LogP contribution < -0.4 is 5.73 Å². The van der Waals surface area contributed by atoms with Crippen LogP contribution in [0.3, 0.4) is 0 Å². The van der Waals surface area contributed by atoms with Gasteiger partial charge >= 0.3 is 0 Å². The van der Waals surface area contributed by atoms with Crippen LogP contribution in [-0.2, 0) is 13.0 Å². The van der Waals surface area contributed by atoms with Gasteiger partial charge in [-0.15, -0.1) is 5.10 Å². The Bertz CT molecular complexity index is 516. The van der Waals surface area contributed by atoms with E-state index in [4.69, 9.17) is 5.73 Å². The summed E-state index contributed by atoms with van der Waals surface area (Å²) < 4.78 is 2.94. The van der Waals surface area contributed by atoms with Crippen molar-refractivity contribution in [3.05, 3.63) is 40.1 Å². The third kappa shape index (κ3) is 2.79. The number of hydrogen-bond acceptors (Lipinski definition) is 3. The molecule has 0 fully saturated rings. The van der Waals surface area contributed by atoms with Gasteiger partial charge in [0.25, 0.3) is 0 Å². The van der Waals surface area contributed by atoms with Gasteiger partial charge in [-0.05, 0) is 36.6 Å². The fourth-order valence-corrected chi connectivity index (χ4v) is 2.14. The summed E-state index contributed by atoms with van der Waals surface area (Å²) in [6.07, 6.45) is 0.926. The van der Waals surface area contributed by atoms with E-state index < -0.39 is 0 Å². The Morgan fingerprint density at radius 2 is 1.94 bits per heavy atom. The van der Waals surface area contributed by atoms with Crippen molar-refractivity contribution in [2.24, 2.45) is 11.7 Å². The molecule has 18 heavy (non-hydrogen) atoms. The first-order valence-electron chi connectivity index (χ1n) is 6.01. The number of rotatable bonds is 4. The molecule has 2 N–H and O–H groups in total.